The summed E-state index contributed by atoms with van der Waals surface area (Å²) in [5.41, 5.74) is 12.7. The number of hydrogen-bond donors (Lipinski definition) is 1. The predicted octanol–water partition coefficient (Wildman–Crippen LogP) is 5.04. The molecule has 1 aromatic heterocycles. The van der Waals surface area contributed by atoms with Crippen molar-refractivity contribution in [3.05, 3.63) is 65.5 Å². The Balaban J connectivity index is 1.76. The number of anilines is 1. The molecule has 0 radical (unpaired) electrons. The van der Waals surface area contributed by atoms with Gasteiger partial charge in [0.1, 0.15) is 0 Å². The normalized spacial score (nSPS) is 16.9. The minimum Gasteiger partial charge on any atom is -0.398 e. The maximum absolute atomic E-state index is 6.24. The maximum Gasteiger partial charge on any atom is 0.0406 e. The van der Waals surface area contributed by atoms with E-state index < -0.39 is 0 Å². The molecule has 2 heteroatoms. The Morgan fingerprint density at radius 1 is 1.13 bits per heavy atom. The highest BCUT2D eigenvalue weighted by Crippen LogP contribution is 2.39. The monoisotopic (exact) mass is 306 g/mol. The van der Waals surface area contributed by atoms with Crippen molar-refractivity contribution in [1.29, 1.82) is 0 Å². The van der Waals surface area contributed by atoms with E-state index in [0.29, 0.717) is 5.41 Å². The second kappa shape index (κ2) is 6.57. The fraction of sp³-hybridized carbons (Fsp3) is 0.381. The average molecular weight is 306 g/mol. The van der Waals surface area contributed by atoms with Crippen LogP contribution in [0.15, 0.2) is 48.7 Å². The second-order valence-electron chi connectivity index (χ2n) is 7.34. The van der Waals surface area contributed by atoms with Crippen LogP contribution in [-0.2, 0) is 12.8 Å². The zero-order valence-corrected chi connectivity index (χ0v) is 14.2. The van der Waals surface area contributed by atoms with Crippen molar-refractivity contribution < 1.29 is 0 Å². The molecule has 0 aliphatic heterocycles. The highest BCUT2D eigenvalue weighted by Gasteiger charge is 2.22. The number of aromatic nitrogens is 1. The van der Waals surface area contributed by atoms with E-state index in [2.05, 4.69) is 49.2 Å². The molecule has 0 spiro atoms. The number of nitrogens with two attached hydrogens (primary N) is 1. The third kappa shape index (κ3) is 4.01. The highest BCUT2D eigenvalue weighted by atomic mass is 14.7. The molecule has 0 amide bonds. The summed E-state index contributed by atoms with van der Waals surface area (Å²) < 4.78 is 0. The van der Waals surface area contributed by atoms with E-state index in [1.165, 1.54) is 23.1 Å². The van der Waals surface area contributed by atoms with E-state index in [1.54, 1.807) is 0 Å². The quantitative estimate of drug-likeness (QED) is 0.803. The van der Waals surface area contributed by atoms with Crippen molar-refractivity contribution in [2.45, 2.75) is 46.0 Å². The molecule has 1 aromatic carbocycles. The number of nitrogen functional groups attached to an aromatic ring is 1. The molecule has 1 heterocycles. The van der Waals surface area contributed by atoms with Gasteiger partial charge >= 0.3 is 0 Å². The summed E-state index contributed by atoms with van der Waals surface area (Å²) in [4.78, 5) is 4.40. The van der Waals surface area contributed by atoms with Gasteiger partial charge in [-0.25, -0.2) is 0 Å². The summed E-state index contributed by atoms with van der Waals surface area (Å²) >= 11 is 0. The van der Waals surface area contributed by atoms with Crippen LogP contribution in [0.5, 0.6) is 0 Å². The van der Waals surface area contributed by atoms with Gasteiger partial charge in [-0.3, -0.25) is 4.98 Å². The van der Waals surface area contributed by atoms with E-state index >= 15 is 0 Å². The van der Waals surface area contributed by atoms with Crippen LogP contribution in [0.2, 0.25) is 0 Å². The number of benzene rings is 1. The number of nitrogens with zero attached hydrogens (tertiary/aromatic N) is 1. The molecule has 1 aliphatic rings. The predicted molar refractivity (Wildman–Crippen MR) is 98.1 cm³/mol. The molecule has 2 aromatic rings. The van der Waals surface area contributed by atoms with Gasteiger partial charge < -0.3 is 5.73 Å². The molecule has 0 unspecified atom stereocenters. The molecule has 23 heavy (non-hydrogen) atoms. The first-order chi connectivity index (χ1) is 11.0. The maximum atomic E-state index is 6.24. The Hall–Kier alpha value is -2.09. The molecule has 120 valence electrons. The van der Waals surface area contributed by atoms with Crippen LogP contribution in [0, 0.1) is 5.41 Å². The van der Waals surface area contributed by atoms with Crippen LogP contribution in [-0.4, -0.2) is 4.98 Å². The van der Waals surface area contributed by atoms with Crippen LogP contribution in [0.3, 0.4) is 0 Å². The minimum absolute atomic E-state index is 0.425. The highest BCUT2D eigenvalue weighted by molar-refractivity contribution is 5.76. The zero-order valence-electron chi connectivity index (χ0n) is 14.2. The molecule has 0 bridgehead atoms. The summed E-state index contributed by atoms with van der Waals surface area (Å²) in [6.45, 7) is 4.68. The standard InChI is InChI=1S/C21H26N2/c1-21(2)12-10-17(11-13-21)19-15-16(7-9-20(19)22)6-8-18-5-3-4-14-23-18/h3-5,7,9-10,14-15H,6,8,11-13,22H2,1-2H3. The minimum atomic E-state index is 0.425. The molecule has 0 fully saturated rings. The van der Waals surface area contributed by atoms with Gasteiger partial charge in [-0.1, -0.05) is 32.1 Å². The van der Waals surface area contributed by atoms with Crippen LogP contribution in [0.4, 0.5) is 5.69 Å². The molecule has 0 saturated carbocycles. The Labute approximate surface area is 139 Å². The second-order valence-corrected chi connectivity index (χ2v) is 7.34. The van der Waals surface area contributed by atoms with Gasteiger partial charge in [-0.05, 0) is 72.9 Å². The molecule has 2 nitrogen and oxygen atoms in total. The van der Waals surface area contributed by atoms with Crippen molar-refractivity contribution in [3.63, 3.8) is 0 Å². The SMILES string of the molecule is CC1(C)CC=C(c2cc(CCc3ccccn3)ccc2N)CC1. The van der Waals surface area contributed by atoms with Crippen molar-refractivity contribution in [2.24, 2.45) is 5.41 Å². The molecule has 2 N–H and O–H groups in total. The van der Waals surface area contributed by atoms with Crippen LogP contribution in [0.25, 0.3) is 5.57 Å². The summed E-state index contributed by atoms with van der Waals surface area (Å²) in [5, 5.41) is 0. The summed E-state index contributed by atoms with van der Waals surface area (Å²) in [6, 6.07) is 12.6. The Morgan fingerprint density at radius 3 is 2.70 bits per heavy atom. The van der Waals surface area contributed by atoms with Crippen LogP contribution in [0.1, 0.15) is 49.9 Å². The van der Waals surface area contributed by atoms with E-state index in [1.807, 2.05) is 18.3 Å². The fourth-order valence-corrected chi connectivity index (χ4v) is 3.18. The number of pyridine rings is 1. The van der Waals surface area contributed by atoms with Gasteiger partial charge in [0.25, 0.3) is 0 Å². The lowest BCUT2D eigenvalue weighted by molar-refractivity contribution is 0.335. The Morgan fingerprint density at radius 2 is 2.00 bits per heavy atom. The van der Waals surface area contributed by atoms with Crippen LogP contribution < -0.4 is 5.73 Å². The first kappa shape index (κ1) is 15.8. The van der Waals surface area contributed by atoms with Gasteiger partial charge in [-0.15, -0.1) is 0 Å². The molecular weight excluding hydrogens is 280 g/mol. The molecule has 0 atom stereocenters. The molecule has 3 rings (SSSR count). The summed E-state index contributed by atoms with van der Waals surface area (Å²) in [5.74, 6) is 0. The average Bonchev–Trinajstić information content (AvgIpc) is 2.55. The van der Waals surface area contributed by atoms with Crippen molar-refractivity contribution in [2.75, 3.05) is 5.73 Å². The van der Waals surface area contributed by atoms with Crippen LogP contribution >= 0.6 is 0 Å². The Bertz CT molecular complexity index is 699. The first-order valence-corrected chi connectivity index (χ1v) is 8.51. The first-order valence-electron chi connectivity index (χ1n) is 8.51. The molecule has 1 aliphatic carbocycles. The molecular formula is C21H26N2. The van der Waals surface area contributed by atoms with E-state index in [0.717, 1.165) is 37.1 Å². The van der Waals surface area contributed by atoms with E-state index in [9.17, 15) is 0 Å². The molecule has 0 saturated heterocycles. The van der Waals surface area contributed by atoms with Crippen molar-refractivity contribution in [1.82, 2.24) is 4.98 Å². The van der Waals surface area contributed by atoms with E-state index in [-0.39, 0.29) is 0 Å². The smallest absolute Gasteiger partial charge is 0.0406 e. The van der Waals surface area contributed by atoms with E-state index in [4.69, 9.17) is 5.73 Å². The van der Waals surface area contributed by atoms with Crippen molar-refractivity contribution >= 4 is 11.3 Å². The number of hydrogen-bond acceptors (Lipinski definition) is 2. The largest absolute Gasteiger partial charge is 0.398 e. The van der Waals surface area contributed by atoms with Gasteiger partial charge in [0.05, 0.1) is 0 Å². The topological polar surface area (TPSA) is 38.9 Å². The number of rotatable bonds is 4. The van der Waals surface area contributed by atoms with Gasteiger partial charge in [0.2, 0.25) is 0 Å². The Kier molecular flexibility index (Phi) is 4.51. The third-order valence-corrected chi connectivity index (χ3v) is 4.83. The van der Waals surface area contributed by atoms with Gasteiger partial charge in [0, 0.05) is 23.1 Å². The number of allylic oxidation sites excluding steroid dienone is 2. The lowest BCUT2D eigenvalue weighted by Crippen LogP contribution is -2.14. The van der Waals surface area contributed by atoms with Gasteiger partial charge in [-0.2, -0.15) is 0 Å². The van der Waals surface area contributed by atoms with Crippen molar-refractivity contribution in [3.8, 4) is 0 Å². The number of aryl methyl sites for hydroxylation is 2. The lowest BCUT2D eigenvalue weighted by Gasteiger charge is -2.29. The third-order valence-electron chi connectivity index (χ3n) is 4.83. The summed E-state index contributed by atoms with van der Waals surface area (Å²) in [7, 11) is 0. The summed E-state index contributed by atoms with van der Waals surface area (Å²) in [6.07, 6.45) is 9.71. The van der Waals surface area contributed by atoms with Gasteiger partial charge in [0.15, 0.2) is 0 Å². The fourth-order valence-electron chi connectivity index (χ4n) is 3.18. The lowest BCUT2D eigenvalue weighted by atomic mass is 9.76. The zero-order chi connectivity index (χ0) is 16.3.